The van der Waals surface area contributed by atoms with E-state index in [1.54, 1.807) is 0 Å². The van der Waals surface area contributed by atoms with E-state index in [0.29, 0.717) is 17.5 Å². The maximum atomic E-state index is 7.07. The average Bonchev–Trinajstić information content (AvgIpc) is 3.87. The van der Waals surface area contributed by atoms with Crippen LogP contribution in [-0.4, -0.2) is 19.5 Å². The van der Waals surface area contributed by atoms with Gasteiger partial charge in [0.2, 0.25) is 0 Å². The summed E-state index contributed by atoms with van der Waals surface area (Å²) >= 11 is 0. The van der Waals surface area contributed by atoms with E-state index in [4.69, 9.17) is 19.4 Å². The number of fused-ring (bicyclic) bond motifs is 10. The Balaban J connectivity index is 1.07. The lowest BCUT2D eigenvalue weighted by molar-refractivity contribution is 0.673. The number of rotatable bonds is 5. The molecule has 10 aromatic carbocycles. The highest BCUT2D eigenvalue weighted by Crippen LogP contribution is 2.44. The molecule has 288 valence electrons. The molecule has 0 atom stereocenters. The van der Waals surface area contributed by atoms with Crippen molar-refractivity contribution in [2.24, 2.45) is 0 Å². The van der Waals surface area contributed by atoms with Crippen molar-refractivity contribution < 1.29 is 4.42 Å². The highest BCUT2D eigenvalue weighted by atomic mass is 16.3. The van der Waals surface area contributed by atoms with Crippen molar-refractivity contribution in [1.82, 2.24) is 19.5 Å². The molecule has 0 spiro atoms. The second-order valence-electron chi connectivity index (χ2n) is 16.0. The Morgan fingerprint density at radius 3 is 1.47 bits per heavy atom. The van der Waals surface area contributed by atoms with Gasteiger partial charge in [-0.2, -0.15) is 0 Å². The van der Waals surface area contributed by atoms with Gasteiger partial charge in [0.1, 0.15) is 11.2 Å². The van der Waals surface area contributed by atoms with E-state index in [0.717, 1.165) is 77.2 Å². The zero-order valence-corrected chi connectivity index (χ0v) is 33.3. The van der Waals surface area contributed by atoms with Crippen molar-refractivity contribution in [3.8, 4) is 51.0 Å². The zero-order valence-electron chi connectivity index (χ0n) is 33.3. The van der Waals surface area contributed by atoms with Crippen molar-refractivity contribution in [2.75, 3.05) is 0 Å². The maximum absolute atomic E-state index is 7.07. The van der Waals surface area contributed by atoms with Gasteiger partial charge in [-0.15, -0.1) is 0 Å². The standard InChI is InChI=1S/C57H34N4O/c1-3-15-35(16-4-1)37-23-13-24-42(29-37)56-58-55(36-17-5-2-6-18-36)59-57(60-56)46-28-14-27-45-49-34-52(43-25-11-12-26-44(43)54(49)62-53(45)46)61-50-32-40-21-9-7-19-38(40)30-47(50)48-31-39-20-8-10-22-41(39)33-51(48)61/h1-34H. The van der Waals surface area contributed by atoms with Crippen LogP contribution in [-0.2, 0) is 0 Å². The van der Waals surface area contributed by atoms with Crippen LogP contribution in [0.1, 0.15) is 0 Å². The smallest absolute Gasteiger partial charge is 0.167 e. The number of para-hydroxylation sites is 1. The second kappa shape index (κ2) is 13.6. The Hall–Kier alpha value is -8.41. The predicted molar refractivity (Wildman–Crippen MR) is 256 cm³/mol. The first-order valence-corrected chi connectivity index (χ1v) is 20.9. The van der Waals surface area contributed by atoms with Gasteiger partial charge in [0.15, 0.2) is 17.5 Å². The van der Waals surface area contributed by atoms with Gasteiger partial charge in [-0.05, 0) is 75.1 Å². The van der Waals surface area contributed by atoms with E-state index >= 15 is 0 Å². The topological polar surface area (TPSA) is 56.7 Å². The molecule has 3 heterocycles. The van der Waals surface area contributed by atoms with Crippen LogP contribution in [0.15, 0.2) is 211 Å². The molecular weight excluding hydrogens is 757 g/mol. The largest absolute Gasteiger partial charge is 0.455 e. The molecule has 13 aromatic rings. The molecule has 0 unspecified atom stereocenters. The lowest BCUT2D eigenvalue weighted by atomic mass is 10.0. The van der Waals surface area contributed by atoms with Gasteiger partial charge in [-0.25, -0.2) is 15.0 Å². The maximum Gasteiger partial charge on any atom is 0.167 e. The van der Waals surface area contributed by atoms with Crippen LogP contribution in [0.3, 0.4) is 0 Å². The van der Waals surface area contributed by atoms with Gasteiger partial charge < -0.3 is 8.98 Å². The summed E-state index contributed by atoms with van der Waals surface area (Å²) in [5.41, 5.74) is 9.84. The summed E-state index contributed by atoms with van der Waals surface area (Å²) in [5.74, 6) is 1.75. The lowest BCUT2D eigenvalue weighted by Crippen LogP contribution is -2.00. The SMILES string of the molecule is c1ccc(-c2cccc(-c3nc(-c4ccccc4)nc(-c4cccc5c4oc4c6ccccc6c(-n6c7cc8ccccc8cc7c7cc8ccccc8cc76)cc54)n3)c2)cc1. The highest BCUT2D eigenvalue weighted by molar-refractivity contribution is 6.22. The van der Waals surface area contributed by atoms with Gasteiger partial charge in [-0.3, -0.25) is 0 Å². The predicted octanol–water partition coefficient (Wildman–Crippen LogP) is 15.0. The van der Waals surface area contributed by atoms with Gasteiger partial charge in [0.05, 0.1) is 22.3 Å². The van der Waals surface area contributed by atoms with Crippen molar-refractivity contribution in [3.63, 3.8) is 0 Å². The van der Waals surface area contributed by atoms with Gasteiger partial charge >= 0.3 is 0 Å². The first-order valence-electron chi connectivity index (χ1n) is 20.9. The fourth-order valence-corrected chi connectivity index (χ4v) is 9.42. The van der Waals surface area contributed by atoms with Crippen LogP contribution >= 0.6 is 0 Å². The summed E-state index contributed by atoms with van der Waals surface area (Å²) in [6.07, 6.45) is 0. The molecular formula is C57H34N4O. The normalized spacial score (nSPS) is 11.9. The molecule has 0 aliphatic heterocycles. The Bertz CT molecular complexity index is 3830. The zero-order chi connectivity index (χ0) is 40.7. The minimum Gasteiger partial charge on any atom is -0.455 e. The molecule has 13 rings (SSSR count). The summed E-state index contributed by atoms with van der Waals surface area (Å²) in [5, 5.41) is 11.5. The Morgan fingerprint density at radius 1 is 0.306 bits per heavy atom. The number of hydrogen-bond acceptors (Lipinski definition) is 4. The van der Waals surface area contributed by atoms with Crippen LogP contribution in [0, 0.1) is 0 Å². The van der Waals surface area contributed by atoms with Crippen LogP contribution in [0.2, 0.25) is 0 Å². The third-order valence-corrected chi connectivity index (χ3v) is 12.4. The average molecular weight is 791 g/mol. The lowest BCUT2D eigenvalue weighted by Gasteiger charge is -2.13. The molecule has 5 heteroatoms. The molecule has 0 amide bonds. The van der Waals surface area contributed by atoms with Crippen molar-refractivity contribution in [1.29, 1.82) is 0 Å². The first-order chi connectivity index (χ1) is 30.7. The molecule has 0 N–H and O–H groups in total. The van der Waals surface area contributed by atoms with Gasteiger partial charge in [0, 0.05) is 43.4 Å². The monoisotopic (exact) mass is 790 g/mol. The Labute approximate surface area is 355 Å². The number of aromatic nitrogens is 4. The molecule has 5 nitrogen and oxygen atoms in total. The number of nitrogens with zero attached hydrogens (tertiary/aromatic N) is 4. The van der Waals surface area contributed by atoms with Gasteiger partial charge in [-0.1, -0.05) is 164 Å². The van der Waals surface area contributed by atoms with Crippen LogP contribution in [0.25, 0.3) is 127 Å². The molecule has 3 aromatic heterocycles. The molecule has 0 bridgehead atoms. The molecule has 0 radical (unpaired) electrons. The number of hydrogen-bond donors (Lipinski definition) is 0. The molecule has 0 aliphatic carbocycles. The van der Waals surface area contributed by atoms with E-state index in [-0.39, 0.29) is 0 Å². The fourth-order valence-electron chi connectivity index (χ4n) is 9.42. The minimum atomic E-state index is 0.550. The number of furan rings is 1. The third-order valence-electron chi connectivity index (χ3n) is 12.4. The molecule has 0 fully saturated rings. The quantitative estimate of drug-likeness (QED) is 0.174. The summed E-state index contributed by atoms with van der Waals surface area (Å²) in [6.45, 7) is 0. The Kier molecular flexibility index (Phi) is 7.54. The van der Waals surface area contributed by atoms with Crippen LogP contribution in [0.5, 0.6) is 0 Å². The summed E-state index contributed by atoms with van der Waals surface area (Å²) in [4.78, 5) is 15.4. The molecule has 0 saturated carbocycles. The summed E-state index contributed by atoms with van der Waals surface area (Å²) in [7, 11) is 0. The number of benzene rings is 10. The van der Waals surface area contributed by atoms with E-state index in [1.165, 1.54) is 32.3 Å². The van der Waals surface area contributed by atoms with E-state index < -0.39 is 0 Å². The van der Waals surface area contributed by atoms with E-state index in [9.17, 15) is 0 Å². The third kappa shape index (κ3) is 5.38. The van der Waals surface area contributed by atoms with Gasteiger partial charge in [0.25, 0.3) is 0 Å². The van der Waals surface area contributed by atoms with E-state index in [1.807, 2.05) is 36.4 Å². The fraction of sp³-hybridized carbons (Fsp3) is 0. The second-order valence-corrected chi connectivity index (χ2v) is 16.0. The molecule has 0 aliphatic rings. The molecule has 0 saturated heterocycles. The van der Waals surface area contributed by atoms with Crippen molar-refractivity contribution in [2.45, 2.75) is 0 Å². The minimum absolute atomic E-state index is 0.550. The summed E-state index contributed by atoms with van der Waals surface area (Å²) in [6, 6.07) is 72.8. The Morgan fingerprint density at radius 2 is 0.790 bits per heavy atom. The van der Waals surface area contributed by atoms with Crippen LogP contribution in [0.4, 0.5) is 0 Å². The van der Waals surface area contributed by atoms with E-state index in [2.05, 4.69) is 174 Å². The van der Waals surface area contributed by atoms with Crippen molar-refractivity contribution in [3.05, 3.63) is 206 Å². The van der Waals surface area contributed by atoms with Crippen LogP contribution < -0.4 is 0 Å². The summed E-state index contributed by atoms with van der Waals surface area (Å²) < 4.78 is 9.53. The first kappa shape index (κ1) is 34.5. The van der Waals surface area contributed by atoms with Crippen molar-refractivity contribution >= 4 is 76.1 Å². The highest BCUT2D eigenvalue weighted by Gasteiger charge is 2.23. The molecule has 62 heavy (non-hydrogen) atoms.